The second-order valence-electron chi connectivity index (χ2n) is 3.78. The molecule has 0 aromatic heterocycles. The van der Waals surface area contributed by atoms with E-state index in [4.69, 9.17) is 35.4 Å². The fraction of sp³-hybridized carbons (Fsp3) is 0.0833. The van der Waals surface area contributed by atoms with Crippen LogP contribution in [-0.2, 0) is 9.59 Å². The first-order chi connectivity index (χ1) is 8.91. The number of rotatable bonds is 1. The Labute approximate surface area is 125 Å². The van der Waals surface area contributed by atoms with Gasteiger partial charge in [-0.3, -0.25) is 19.8 Å². The van der Waals surface area contributed by atoms with Gasteiger partial charge in [-0.2, -0.15) is 0 Å². The molecule has 0 spiro atoms. The topological polar surface area (TPSA) is 49.4 Å². The van der Waals surface area contributed by atoms with E-state index < -0.39 is 5.91 Å². The molecule has 0 saturated carbocycles. The SMILES string of the molecule is CC(=O)N1C(=S)NC(=O)/C1=C/c1c(Cl)cccc1Cl. The van der Waals surface area contributed by atoms with Crippen LogP contribution >= 0.6 is 35.4 Å². The standard InChI is InChI=1S/C12H8Cl2N2O2S/c1-6(17)16-10(11(18)15-12(16)19)5-7-8(13)3-2-4-9(7)14/h2-5H,1H3,(H,15,18,19)/b10-5-. The molecule has 98 valence electrons. The van der Waals surface area contributed by atoms with E-state index in [0.717, 1.165) is 4.90 Å². The predicted octanol–water partition coefficient (Wildman–Crippen LogP) is 2.60. The molecule has 1 N–H and O–H groups in total. The molecule has 0 bridgehead atoms. The summed E-state index contributed by atoms with van der Waals surface area (Å²) in [5, 5.41) is 3.22. The summed E-state index contributed by atoms with van der Waals surface area (Å²) < 4.78 is 0. The molecule has 19 heavy (non-hydrogen) atoms. The number of nitrogens with one attached hydrogen (secondary N) is 1. The van der Waals surface area contributed by atoms with E-state index in [0.29, 0.717) is 15.6 Å². The quantitative estimate of drug-likeness (QED) is 0.640. The molecule has 0 atom stereocenters. The molecule has 1 fully saturated rings. The summed E-state index contributed by atoms with van der Waals surface area (Å²) in [6.45, 7) is 1.31. The monoisotopic (exact) mass is 314 g/mol. The van der Waals surface area contributed by atoms with Gasteiger partial charge in [-0.05, 0) is 30.4 Å². The number of thiocarbonyl (C=S) groups is 1. The molecule has 2 rings (SSSR count). The van der Waals surface area contributed by atoms with E-state index >= 15 is 0 Å². The van der Waals surface area contributed by atoms with Crippen LogP contribution in [-0.4, -0.2) is 21.8 Å². The van der Waals surface area contributed by atoms with Gasteiger partial charge in [0.15, 0.2) is 5.11 Å². The molecular weight excluding hydrogens is 307 g/mol. The van der Waals surface area contributed by atoms with E-state index in [-0.39, 0.29) is 16.7 Å². The smallest absolute Gasteiger partial charge is 0.274 e. The van der Waals surface area contributed by atoms with Crippen LogP contribution in [0.5, 0.6) is 0 Å². The summed E-state index contributed by atoms with van der Waals surface area (Å²) in [6, 6.07) is 4.97. The van der Waals surface area contributed by atoms with Gasteiger partial charge in [0.05, 0.1) is 0 Å². The lowest BCUT2D eigenvalue weighted by molar-refractivity contribution is -0.125. The molecule has 2 amide bonds. The van der Waals surface area contributed by atoms with Crippen LogP contribution in [0.1, 0.15) is 12.5 Å². The minimum atomic E-state index is -0.462. The van der Waals surface area contributed by atoms with Crippen molar-refractivity contribution in [2.45, 2.75) is 6.92 Å². The number of benzene rings is 1. The fourth-order valence-electron chi connectivity index (χ4n) is 1.66. The number of halogens is 2. The van der Waals surface area contributed by atoms with Gasteiger partial charge in [0.25, 0.3) is 5.91 Å². The van der Waals surface area contributed by atoms with Gasteiger partial charge in [0.2, 0.25) is 5.91 Å². The number of nitrogens with zero attached hydrogens (tertiary/aromatic N) is 1. The van der Waals surface area contributed by atoms with Crippen LogP contribution in [0.15, 0.2) is 23.9 Å². The highest BCUT2D eigenvalue weighted by Crippen LogP contribution is 2.28. The van der Waals surface area contributed by atoms with E-state index in [2.05, 4.69) is 5.32 Å². The van der Waals surface area contributed by atoms with Gasteiger partial charge in [0, 0.05) is 22.5 Å². The van der Waals surface area contributed by atoms with Crippen molar-refractivity contribution in [1.82, 2.24) is 10.2 Å². The predicted molar refractivity (Wildman–Crippen MR) is 77.7 cm³/mol. The van der Waals surface area contributed by atoms with Crippen molar-refractivity contribution >= 4 is 58.4 Å². The van der Waals surface area contributed by atoms with Gasteiger partial charge in [0.1, 0.15) is 5.70 Å². The summed E-state index contributed by atoms with van der Waals surface area (Å²) in [5.74, 6) is -0.825. The highest BCUT2D eigenvalue weighted by atomic mass is 35.5. The van der Waals surface area contributed by atoms with Crippen molar-refractivity contribution in [2.24, 2.45) is 0 Å². The Hall–Kier alpha value is -1.43. The van der Waals surface area contributed by atoms with Crippen molar-refractivity contribution in [3.8, 4) is 0 Å². The first-order valence-corrected chi connectivity index (χ1v) is 6.40. The molecule has 4 nitrogen and oxygen atoms in total. The number of hydrogen-bond acceptors (Lipinski definition) is 3. The van der Waals surface area contributed by atoms with Gasteiger partial charge in [-0.25, -0.2) is 0 Å². The number of carbonyl (C=O) groups excluding carboxylic acids is 2. The third-order valence-electron chi connectivity index (χ3n) is 2.49. The van der Waals surface area contributed by atoms with E-state index in [9.17, 15) is 9.59 Å². The van der Waals surface area contributed by atoms with E-state index in [1.807, 2.05) is 0 Å². The Morgan fingerprint density at radius 1 is 1.37 bits per heavy atom. The summed E-state index contributed by atoms with van der Waals surface area (Å²) in [6.07, 6.45) is 1.45. The average Bonchev–Trinajstić information content (AvgIpc) is 2.58. The summed E-state index contributed by atoms with van der Waals surface area (Å²) in [4.78, 5) is 24.4. The molecule has 0 radical (unpaired) electrons. The van der Waals surface area contributed by atoms with Crippen molar-refractivity contribution in [3.05, 3.63) is 39.5 Å². The highest BCUT2D eigenvalue weighted by molar-refractivity contribution is 7.80. The van der Waals surface area contributed by atoms with Crippen LogP contribution in [0.3, 0.4) is 0 Å². The zero-order valence-corrected chi connectivity index (χ0v) is 12.1. The highest BCUT2D eigenvalue weighted by Gasteiger charge is 2.33. The number of hydrogen-bond donors (Lipinski definition) is 1. The minimum Gasteiger partial charge on any atom is -0.297 e. The van der Waals surface area contributed by atoms with Gasteiger partial charge >= 0.3 is 0 Å². The third kappa shape index (κ3) is 2.63. The van der Waals surface area contributed by atoms with Crippen LogP contribution < -0.4 is 5.32 Å². The van der Waals surface area contributed by atoms with Crippen molar-refractivity contribution in [1.29, 1.82) is 0 Å². The normalized spacial score (nSPS) is 17.0. The number of amides is 2. The molecule has 1 aromatic rings. The van der Waals surface area contributed by atoms with Crippen LogP contribution in [0.2, 0.25) is 10.0 Å². The van der Waals surface area contributed by atoms with Crippen molar-refractivity contribution in [2.75, 3.05) is 0 Å². The maximum absolute atomic E-state index is 11.8. The van der Waals surface area contributed by atoms with E-state index in [1.54, 1.807) is 18.2 Å². The Bertz CT molecular complexity index is 608. The van der Waals surface area contributed by atoms with Gasteiger partial charge in [-0.1, -0.05) is 29.3 Å². The van der Waals surface area contributed by atoms with Gasteiger partial charge < -0.3 is 0 Å². The summed E-state index contributed by atoms with van der Waals surface area (Å²) in [5.41, 5.74) is 0.569. The second-order valence-corrected chi connectivity index (χ2v) is 4.98. The molecule has 1 aliphatic rings. The Morgan fingerprint density at radius 3 is 2.47 bits per heavy atom. The first kappa shape index (κ1) is 14.0. The van der Waals surface area contributed by atoms with Crippen molar-refractivity contribution in [3.63, 3.8) is 0 Å². The molecular formula is C12H8Cl2N2O2S. The van der Waals surface area contributed by atoms with Crippen LogP contribution in [0.4, 0.5) is 0 Å². The lowest BCUT2D eigenvalue weighted by Crippen LogP contribution is -2.31. The maximum Gasteiger partial charge on any atom is 0.274 e. The lowest BCUT2D eigenvalue weighted by atomic mass is 10.2. The molecule has 0 unspecified atom stereocenters. The molecule has 1 aliphatic heterocycles. The molecule has 7 heteroatoms. The maximum atomic E-state index is 11.8. The fourth-order valence-corrected chi connectivity index (χ4v) is 2.48. The summed E-state index contributed by atoms with van der Waals surface area (Å²) >= 11 is 17.0. The summed E-state index contributed by atoms with van der Waals surface area (Å²) in [7, 11) is 0. The molecule has 1 heterocycles. The Morgan fingerprint density at radius 2 is 1.95 bits per heavy atom. The Balaban J connectivity index is 2.55. The first-order valence-electron chi connectivity index (χ1n) is 5.23. The van der Waals surface area contributed by atoms with E-state index in [1.165, 1.54) is 13.0 Å². The minimum absolute atomic E-state index is 0.0481. The zero-order valence-electron chi connectivity index (χ0n) is 9.74. The third-order valence-corrected chi connectivity index (χ3v) is 3.44. The molecule has 0 aliphatic carbocycles. The zero-order chi connectivity index (χ0) is 14.2. The Kier molecular flexibility index (Phi) is 3.89. The average molecular weight is 315 g/mol. The molecule has 1 saturated heterocycles. The largest absolute Gasteiger partial charge is 0.297 e. The second kappa shape index (κ2) is 5.28. The number of carbonyl (C=O) groups is 2. The van der Waals surface area contributed by atoms with Crippen LogP contribution in [0.25, 0.3) is 6.08 Å². The molecule has 1 aromatic carbocycles. The lowest BCUT2D eigenvalue weighted by Gasteiger charge is -2.12. The van der Waals surface area contributed by atoms with Gasteiger partial charge in [-0.15, -0.1) is 0 Å². The van der Waals surface area contributed by atoms with Crippen molar-refractivity contribution < 1.29 is 9.59 Å². The van der Waals surface area contributed by atoms with Crippen LogP contribution in [0, 0.1) is 0 Å².